The summed E-state index contributed by atoms with van der Waals surface area (Å²) in [6, 6.07) is 6.47. The molecular weight excluding hydrogens is 243 g/mol. The summed E-state index contributed by atoms with van der Waals surface area (Å²) in [6.07, 6.45) is 3.13. The first-order valence-corrected chi connectivity index (χ1v) is 6.54. The van der Waals surface area contributed by atoms with Crippen molar-refractivity contribution in [3.63, 3.8) is 0 Å². The summed E-state index contributed by atoms with van der Waals surface area (Å²) in [5, 5.41) is 21.4. The van der Waals surface area contributed by atoms with Crippen molar-refractivity contribution in [3.8, 4) is 0 Å². The quantitative estimate of drug-likeness (QED) is 0.523. The fourth-order valence-electron chi connectivity index (χ4n) is 1.81. The molecule has 0 atom stereocenters. The third-order valence-corrected chi connectivity index (χ3v) is 2.94. The molecule has 104 valence electrons. The molecule has 0 fully saturated rings. The molecule has 0 aliphatic rings. The lowest BCUT2D eigenvalue weighted by molar-refractivity contribution is 0.247. The molecular formula is C13H21BN2O3. The number of nitrogens with one attached hydrogen (secondary N) is 1. The number of carbonyl (C=O) groups is 1. The Labute approximate surface area is 114 Å². The van der Waals surface area contributed by atoms with Crippen LogP contribution in [-0.2, 0) is 0 Å². The molecule has 0 unspecified atom stereocenters. The highest BCUT2D eigenvalue weighted by molar-refractivity contribution is 6.60. The Morgan fingerprint density at radius 3 is 2.63 bits per heavy atom. The number of benzene rings is 1. The van der Waals surface area contributed by atoms with E-state index >= 15 is 0 Å². The summed E-state index contributed by atoms with van der Waals surface area (Å²) >= 11 is 0. The Kier molecular flexibility index (Phi) is 6.39. The number of para-hydroxylation sites is 1. The topological polar surface area (TPSA) is 72.8 Å². The van der Waals surface area contributed by atoms with Crippen molar-refractivity contribution in [2.24, 2.45) is 0 Å². The van der Waals surface area contributed by atoms with Crippen LogP contribution in [0.25, 0.3) is 0 Å². The van der Waals surface area contributed by atoms with Gasteiger partial charge in [-0.05, 0) is 12.5 Å². The average Bonchev–Trinajstić information content (AvgIpc) is 2.42. The van der Waals surface area contributed by atoms with Crippen LogP contribution < -0.4 is 15.7 Å². The van der Waals surface area contributed by atoms with Crippen LogP contribution in [0.5, 0.6) is 0 Å². The smallest absolute Gasteiger partial charge is 0.423 e. The number of unbranched alkanes of at least 4 members (excludes halogenated alkanes) is 2. The third kappa shape index (κ3) is 4.57. The summed E-state index contributed by atoms with van der Waals surface area (Å²) in [5.41, 5.74) is 0.805. The first-order valence-electron chi connectivity index (χ1n) is 6.54. The fourth-order valence-corrected chi connectivity index (χ4v) is 1.81. The first-order chi connectivity index (χ1) is 9.07. The molecule has 0 aliphatic carbocycles. The average molecular weight is 264 g/mol. The van der Waals surface area contributed by atoms with Crippen molar-refractivity contribution in [2.75, 3.05) is 18.5 Å². The van der Waals surface area contributed by atoms with E-state index in [0.29, 0.717) is 17.7 Å². The van der Waals surface area contributed by atoms with Gasteiger partial charge < -0.3 is 15.4 Å². The van der Waals surface area contributed by atoms with Gasteiger partial charge in [0.1, 0.15) is 0 Å². The minimum atomic E-state index is -1.59. The Balaban J connectivity index is 2.66. The van der Waals surface area contributed by atoms with Crippen LogP contribution in [0.1, 0.15) is 26.2 Å². The fraction of sp³-hybridized carbons (Fsp3) is 0.462. The molecule has 0 spiro atoms. The van der Waals surface area contributed by atoms with Crippen molar-refractivity contribution >= 4 is 24.3 Å². The number of amides is 2. The second-order valence-electron chi connectivity index (χ2n) is 4.43. The number of anilines is 1. The predicted molar refractivity (Wildman–Crippen MR) is 77.6 cm³/mol. The molecule has 0 radical (unpaired) electrons. The summed E-state index contributed by atoms with van der Waals surface area (Å²) in [4.78, 5) is 13.3. The highest BCUT2D eigenvalue weighted by Crippen LogP contribution is 2.09. The molecule has 0 bridgehead atoms. The van der Waals surface area contributed by atoms with Crippen LogP contribution in [0.15, 0.2) is 24.3 Å². The maximum absolute atomic E-state index is 11.9. The van der Waals surface area contributed by atoms with Crippen LogP contribution in [0, 0.1) is 0 Å². The van der Waals surface area contributed by atoms with Crippen LogP contribution in [-0.4, -0.2) is 36.8 Å². The number of hydrogen-bond acceptors (Lipinski definition) is 3. The molecule has 1 aromatic rings. The maximum Gasteiger partial charge on any atom is 0.490 e. The summed E-state index contributed by atoms with van der Waals surface area (Å²) < 4.78 is 0. The molecule has 19 heavy (non-hydrogen) atoms. The van der Waals surface area contributed by atoms with Crippen molar-refractivity contribution < 1.29 is 14.8 Å². The molecule has 1 rings (SSSR count). The molecule has 1 aromatic carbocycles. The zero-order valence-corrected chi connectivity index (χ0v) is 11.5. The predicted octanol–water partition coefficient (Wildman–Crippen LogP) is 0.702. The van der Waals surface area contributed by atoms with Gasteiger partial charge in [0.15, 0.2) is 0 Å². The van der Waals surface area contributed by atoms with Gasteiger partial charge in [0.25, 0.3) is 0 Å². The zero-order chi connectivity index (χ0) is 14.3. The standard InChI is InChI=1S/C13H21BN2O3/c1-3-4-7-10-15-13(17)16(2)12-9-6-5-8-11(12)14(18)19/h5-6,8-9,18-19H,3-4,7,10H2,1-2H3,(H,15,17). The number of hydrogen-bond donors (Lipinski definition) is 3. The third-order valence-electron chi connectivity index (χ3n) is 2.94. The van der Waals surface area contributed by atoms with E-state index < -0.39 is 7.12 Å². The van der Waals surface area contributed by atoms with Gasteiger partial charge in [-0.1, -0.05) is 38.0 Å². The Hall–Kier alpha value is -1.53. The van der Waals surface area contributed by atoms with Gasteiger partial charge in [-0.2, -0.15) is 0 Å². The van der Waals surface area contributed by atoms with Gasteiger partial charge >= 0.3 is 13.1 Å². The summed E-state index contributed by atoms with van der Waals surface area (Å²) in [5.74, 6) is 0. The molecule has 0 aromatic heterocycles. The number of carbonyl (C=O) groups excluding carboxylic acids is 1. The molecule has 5 nitrogen and oxygen atoms in total. The minimum Gasteiger partial charge on any atom is -0.423 e. The van der Waals surface area contributed by atoms with E-state index in [4.69, 9.17) is 0 Å². The second-order valence-corrected chi connectivity index (χ2v) is 4.43. The van der Waals surface area contributed by atoms with Crippen LogP contribution in [0.4, 0.5) is 10.5 Å². The van der Waals surface area contributed by atoms with E-state index in [-0.39, 0.29) is 6.03 Å². The minimum absolute atomic E-state index is 0.246. The highest BCUT2D eigenvalue weighted by Gasteiger charge is 2.20. The van der Waals surface area contributed by atoms with E-state index in [1.165, 1.54) is 4.90 Å². The lowest BCUT2D eigenvalue weighted by Crippen LogP contribution is -2.43. The molecule has 3 N–H and O–H groups in total. The zero-order valence-electron chi connectivity index (χ0n) is 11.5. The van der Waals surface area contributed by atoms with E-state index in [1.54, 1.807) is 31.3 Å². The lowest BCUT2D eigenvalue weighted by Gasteiger charge is -2.21. The molecule has 6 heteroatoms. The highest BCUT2D eigenvalue weighted by atomic mass is 16.4. The van der Waals surface area contributed by atoms with E-state index in [0.717, 1.165) is 19.3 Å². The van der Waals surface area contributed by atoms with Gasteiger partial charge in [-0.3, -0.25) is 4.90 Å². The lowest BCUT2D eigenvalue weighted by atomic mass is 9.79. The van der Waals surface area contributed by atoms with Gasteiger partial charge in [0, 0.05) is 24.7 Å². The van der Waals surface area contributed by atoms with Gasteiger partial charge in [-0.15, -0.1) is 0 Å². The van der Waals surface area contributed by atoms with Crippen molar-refractivity contribution in [1.82, 2.24) is 5.32 Å². The van der Waals surface area contributed by atoms with Gasteiger partial charge in [-0.25, -0.2) is 4.79 Å². The van der Waals surface area contributed by atoms with E-state index in [9.17, 15) is 14.8 Å². The summed E-state index contributed by atoms with van der Waals surface area (Å²) in [6.45, 7) is 2.73. The normalized spacial score (nSPS) is 10.1. The molecule has 2 amide bonds. The Bertz CT molecular complexity index is 413. The van der Waals surface area contributed by atoms with E-state index in [2.05, 4.69) is 12.2 Å². The number of urea groups is 1. The SMILES string of the molecule is CCCCCNC(=O)N(C)c1ccccc1B(O)O. The van der Waals surface area contributed by atoms with Crippen molar-refractivity contribution in [1.29, 1.82) is 0 Å². The molecule has 0 saturated carbocycles. The van der Waals surface area contributed by atoms with Gasteiger partial charge in [0.2, 0.25) is 0 Å². The van der Waals surface area contributed by atoms with Crippen molar-refractivity contribution in [2.45, 2.75) is 26.2 Å². The summed E-state index contributed by atoms with van der Waals surface area (Å²) in [7, 11) is 0.0163. The van der Waals surface area contributed by atoms with Crippen LogP contribution >= 0.6 is 0 Å². The molecule has 0 heterocycles. The second kappa shape index (κ2) is 7.81. The van der Waals surface area contributed by atoms with E-state index in [1.807, 2.05) is 0 Å². The Morgan fingerprint density at radius 2 is 2.00 bits per heavy atom. The first kappa shape index (κ1) is 15.5. The molecule has 0 saturated heterocycles. The van der Waals surface area contributed by atoms with Crippen molar-refractivity contribution in [3.05, 3.63) is 24.3 Å². The molecule has 0 aliphatic heterocycles. The van der Waals surface area contributed by atoms with Crippen LogP contribution in [0.3, 0.4) is 0 Å². The Morgan fingerprint density at radius 1 is 1.32 bits per heavy atom. The number of rotatable bonds is 6. The number of nitrogens with zero attached hydrogens (tertiary/aromatic N) is 1. The van der Waals surface area contributed by atoms with Crippen LogP contribution in [0.2, 0.25) is 0 Å². The maximum atomic E-state index is 11.9. The largest absolute Gasteiger partial charge is 0.490 e. The van der Waals surface area contributed by atoms with Gasteiger partial charge in [0.05, 0.1) is 0 Å². The monoisotopic (exact) mass is 264 g/mol.